The number of nitrogens with zero attached hydrogens (tertiary/aromatic N) is 1. The van der Waals surface area contributed by atoms with Crippen molar-refractivity contribution in [3.8, 4) is 0 Å². The molecule has 43 heavy (non-hydrogen) atoms. The van der Waals surface area contributed by atoms with Gasteiger partial charge in [-0.1, -0.05) is 32.0 Å². The molecule has 0 aliphatic rings. The van der Waals surface area contributed by atoms with Crippen LogP contribution < -0.4 is 38.9 Å². The molecule has 2 aromatic rings. The highest BCUT2D eigenvalue weighted by Crippen LogP contribution is 2.19. The molecular formula is C28H43N9O6. The molecule has 0 fully saturated rings. The number of carboxylic acid groups (broad SMARTS) is 1. The number of rotatable bonds is 18. The number of nitrogens with one attached hydrogen (secondary N) is 4. The molecule has 15 nitrogen and oxygen atoms in total. The van der Waals surface area contributed by atoms with Crippen LogP contribution in [0.4, 0.5) is 0 Å². The van der Waals surface area contributed by atoms with Crippen LogP contribution in [-0.4, -0.2) is 76.4 Å². The highest BCUT2D eigenvalue weighted by atomic mass is 16.4. The van der Waals surface area contributed by atoms with Crippen molar-refractivity contribution in [1.29, 1.82) is 0 Å². The third kappa shape index (κ3) is 11.6. The van der Waals surface area contributed by atoms with Crippen LogP contribution in [0, 0.1) is 5.92 Å². The number of primary amides is 1. The molecule has 0 radical (unpaired) electrons. The van der Waals surface area contributed by atoms with Crippen LogP contribution in [-0.2, 0) is 30.4 Å². The van der Waals surface area contributed by atoms with Crippen molar-refractivity contribution in [3.05, 3.63) is 36.0 Å². The van der Waals surface area contributed by atoms with Gasteiger partial charge >= 0.3 is 5.97 Å². The van der Waals surface area contributed by atoms with Gasteiger partial charge in [0.2, 0.25) is 23.6 Å². The summed E-state index contributed by atoms with van der Waals surface area (Å²) in [4.78, 5) is 69.7. The summed E-state index contributed by atoms with van der Waals surface area (Å²) in [5.41, 5.74) is 23.5. The monoisotopic (exact) mass is 601 g/mol. The minimum atomic E-state index is -1.38. The number of aliphatic imine (C=N–C) groups is 1. The van der Waals surface area contributed by atoms with Crippen LogP contribution in [0.2, 0.25) is 0 Å². The lowest BCUT2D eigenvalue weighted by Gasteiger charge is -2.26. The summed E-state index contributed by atoms with van der Waals surface area (Å²) in [6.07, 6.45) is 2.23. The third-order valence-corrected chi connectivity index (χ3v) is 6.67. The van der Waals surface area contributed by atoms with E-state index in [9.17, 15) is 29.1 Å². The highest BCUT2D eigenvalue weighted by Gasteiger charge is 2.31. The van der Waals surface area contributed by atoms with Crippen LogP contribution in [0.5, 0.6) is 0 Å². The molecule has 4 amide bonds. The maximum atomic E-state index is 13.7. The summed E-state index contributed by atoms with van der Waals surface area (Å²) in [7, 11) is 0. The Hall–Kier alpha value is -4.66. The predicted octanol–water partition coefficient (Wildman–Crippen LogP) is -1.06. The molecule has 0 saturated heterocycles. The maximum absolute atomic E-state index is 13.7. The SMILES string of the molecule is CC(C)CC(NC(=O)C(Cc1c[nH]c2ccccc12)NC(=O)C(N)CCCN=C(N)N)C(=O)NC(CCC(N)=O)C(=O)O. The van der Waals surface area contributed by atoms with Gasteiger partial charge in [-0.15, -0.1) is 0 Å². The van der Waals surface area contributed by atoms with E-state index in [0.29, 0.717) is 6.42 Å². The number of benzene rings is 1. The van der Waals surface area contributed by atoms with E-state index in [4.69, 9.17) is 22.9 Å². The number of fused-ring (bicyclic) bond motifs is 1. The number of guanidine groups is 1. The molecule has 15 heteroatoms. The molecule has 1 heterocycles. The molecule has 0 spiro atoms. The predicted molar refractivity (Wildman–Crippen MR) is 161 cm³/mol. The summed E-state index contributed by atoms with van der Waals surface area (Å²) < 4.78 is 0. The number of nitrogens with two attached hydrogens (primary N) is 4. The fraction of sp³-hybridized carbons (Fsp3) is 0.500. The first-order chi connectivity index (χ1) is 20.3. The van der Waals surface area contributed by atoms with Gasteiger partial charge < -0.3 is 49.0 Å². The second kappa shape index (κ2) is 16.7. The zero-order chi connectivity index (χ0) is 32.1. The lowest BCUT2D eigenvalue weighted by molar-refractivity contribution is -0.142. The Kier molecular flexibility index (Phi) is 13.4. The first-order valence-electron chi connectivity index (χ1n) is 14.1. The minimum Gasteiger partial charge on any atom is -0.480 e. The number of hydrogen-bond donors (Lipinski definition) is 9. The van der Waals surface area contributed by atoms with Crippen LogP contribution in [0.25, 0.3) is 10.9 Å². The van der Waals surface area contributed by atoms with Gasteiger partial charge in [0.25, 0.3) is 0 Å². The van der Waals surface area contributed by atoms with E-state index in [1.54, 1.807) is 6.20 Å². The standard InChI is InChI=1S/C28H43N9O6/c1-15(2)12-21(25(40)35-20(27(42)43)9-10-23(30)38)37-26(41)22(13-16-14-34-19-8-4-3-6-17(16)19)36-24(39)18(29)7-5-11-33-28(31)32/h3-4,6,8,14-15,18,20-22,34H,5,7,9-13,29H2,1-2H3,(H2,30,38)(H,35,40)(H,36,39)(H,37,41)(H,42,43)(H4,31,32,33). The van der Waals surface area contributed by atoms with Crippen LogP contribution >= 0.6 is 0 Å². The molecule has 4 unspecified atom stereocenters. The number of carboxylic acids is 1. The average Bonchev–Trinajstić information content (AvgIpc) is 3.34. The van der Waals surface area contributed by atoms with Crippen molar-refractivity contribution in [2.45, 2.75) is 76.5 Å². The Balaban J connectivity index is 2.26. The van der Waals surface area contributed by atoms with Crippen molar-refractivity contribution in [2.24, 2.45) is 33.8 Å². The zero-order valence-corrected chi connectivity index (χ0v) is 24.5. The van der Waals surface area contributed by atoms with Gasteiger partial charge in [0.15, 0.2) is 5.96 Å². The minimum absolute atomic E-state index is 0.0646. The van der Waals surface area contributed by atoms with Crippen LogP contribution in [0.3, 0.4) is 0 Å². The third-order valence-electron chi connectivity index (χ3n) is 6.67. The number of carbonyl (C=O) groups is 5. The van der Waals surface area contributed by atoms with Crippen molar-refractivity contribution in [1.82, 2.24) is 20.9 Å². The average molecular weight is 602 g/mol. The lowest BCUT2D eigenvalue weighted by Crippen LogP contribution is -2.57. The lowest BCUT2D eigenvalue weighted by atomic mass is 10.00. The summed E-state index contributed by atoms with van der Waals surface area (Å²) >= 11 is 0. The highest BCUT2D eigenvalue weighted by molar-refractivity contribution is 5.95. The first-order valence-corrected chi connectivity index (χ1v) is 14.1. The number of aromatic amines is 1. The molecule has 0 aliphatic heterocycles. The number of amides is 4. The molecule has 2 rings (SSSR count). The van der Waals surface area contributed by atoms with Crippen molar-refractivity contribution < 1.29 is 29.1 Å². The fourth-order valence-corrected chi connectivity index (χ4v) is 4.45. The molecule has 4 atom stereocenters. The second-order valence-corrected chi connectivity index (χ2v) is 10.8. The van der Waals surface area contributed by atoms with E-state index in [0.717, 1.165) is 16.5 Å². The van der Waals surface area contributed by atoms with Crippen LogP contribution in [0.1, 0.15) is 51.5 Å². The van der Waals surface area contributed by atoms with E-state index in [1.165, 1.54) is 0 Å². The van der Waals surface area contributed by atoms with Gasteiger partial charge in [0.1, 0.15) is 18.1 Å². The Morgan fingerprint density at radius 2 is 1.53 bits per heavy atom. The van der Waals surface area contributed by atoms with E-state index in [2.05, 4.69) is 25.9 Å². The molecular weight excluding hydrogens is 558 g/mol. The Morgan fingerprint density at radius 1 is 0.907 bits per heavy atom. The maximum Gasteiger partial charge on any atom is 0.326 e. The number of para-hydroxylation sites is 1. The number of H-pyrrole nitrogens is 1. The first kappa shape index (κ1) is 34.5. The van der Waals surface area contributed by atoms with E-state index < -0.39 is 53.8 Å². The molecule has 0 aliphatic carbocycles. The van der Waals surface area contributed by atoms with Gasteiger partial charge in [-0.3, -0.25) is 24.2 Å². The molecule has 236 valence electrons. The van der Waals surface area contributed by atoms with Gasteiger partial charge in [0.05, 0.1) is 6.04 Å². The van der Waals surface area contributed by atoms with Crippen LogP contribution in [0.15, 0.2) is 35.5 Å². The summed E-state index contributed by atoms with van der Waals surface area (Å²) in [5, 5.41) is 18.1. The summed E-state index contributed by atoms with van der Waals surface area (Å²) in [6, 6.07) is 2.87. The fourth-order valence-electron chi connectivity index (χ4n) is 4.45. The summed E-state index contributed by atoms with van der Waals surface area (Å²) in [6.45, 7) is 3.95. The van der Waals surface area contributed by atoms with Crippen molar-refractivity contribution >= 4 is 46.5 Å². The smallest absolute Gasteiger partial charge is 0.326 e. The number of aliphatic carboxylic acids is 1. The normalized spacial score (nSPS) is 13.9. The topological polar surface area (TPSA) is 274 Å². The number of carbonyl (C=O) groups excluding carboxylic acids is 4. The molecule has 1 aromatic carbocycles. The van der Waals surface area contributed by atoms with E-state index >= 15 is 0 Å². The molecule has 0 bridgehead atoms. The Morgan fingerprint density at radius 3 is 2.16 bits per heavy atom. The Labute approximate surface area is 249 Å². The second-order valence-electron chi connectivity index (χ2n) is 10.8. The van der Waals surface area contributed by atoms with Crippen molar-refractivity contribution in [3.63, 3.8) is 0 Å². The Bertz CT molecular complexity index is 1300. The van der Waals surface area contributed by atoms with Gasteiger partial charge in [-0.2, -0.15) is 0 Å². The zero-order valence-electron chi connectivity index (χ0n) is 24.5. The quantitative estimate of drug-likeness (QED) is 0.0571. The van der Waals surface area contributed by atoms with E-state index in [-0.39, 0.29) is 50.5 Å². The van der Waals surface area contributed by atoms with Crippen molar-refractivity contribution in [2.75, 3.05) is 6.54 Å². The summed E-state index contributed by atoms with van der Waals surface area (Å²) in [5.74, 6) is -4.17. The molecule has 0 saturated carbocycles. The molecule has 13 N–H and O–H groups in total. The largest absolute Gasteiger partial charge is 0.480 e. The van der Waals surface area contributed by atoms with E-state index in [1.807, 2.05) is 38.1 Å². The van der Waals surface area contributed by atoms with Gasteiger partial charge in [-0.05, 0) is 43.2 Å². The number of aromatic nitrogens is 1. The number of hydrogen-bond acceptors (Lipinski definition) is 7. The molecule has 1 aromatic heterocycles. The van der Waals surface area contributed by atoms with Gasteiger partial charge in [0, 0.05) is 36.5 Å². The van der Waals surface area contributed by atoms with Gasteiger partial charge in [-0.25, -0.2) is 4.79 Å².